The fourth-order valence-electron chi connectivity index (χ4n) is 2.78. The summed E-state index contributed by atoms with van der Waals surface area (Å²) in [4.78, 5) is 29.6. The molecule has 0 saturated heterocycles. The van der Waals surface area contributed by atoms with Crippen LogP contribution in [0.4, 0.5) is 0 Å². The van der Waals surface area contributed by atoms with Crippen molar-refractivity contribution in [3.05, 3.63) is 50.9 Å². The minimum absolute atomic E-state index is 0.0618. The van der Waals surface area contributed by atoms with Crippen molar-refractivity contribution in [1.82, 2.24) is 9.55 Å². The summed E-state index contributed by atoms with van der Waals surface area (Å²) < 4.78 is 1.61. The van der Waals surface area contributed by atoms with E-state index in [1.165, 1.54) is 29.4 Å². The minimum atomic E-state index is -0.0618. The first kappa shape index (κ1) is 16.6. The fourth-order valence-corrected chi connectivity index (χ4v) is 3.76. The maximum Gasteiger partial charge on any atom is 0.262 e. The van der Waals surface area contributed by atoms with E-state index in [9.17, 15) is 9.59 Å². The number of nitrogens with zero attached hydrogens (tertiary/aromatic N) is 2. The lowest BCUT2D eigenvalue weighted by Gasteiger charge is -2.09. The van der Waals surface area contributed by atoms with E-state index in [4.69, 9.17) is 0 Å². The summed E-state index contributed by atoms with van der Waals surface area (Å²) in [5.74, 6) is 0.725. The lowest BCUT2D eigenvalue weighted by atomic mass is 10.0. The average molecular weight is 340 g/mol. The van der Waals surface area contributed by atoms with Crippen LogP contribution in [-0.4, -0.2) is 15.3 Å². The zero-order valence-electron chi connectivity index (χ0n) is 14.3. The van der Waals surface area contributed by atoms with Gasteiger partial charge in [-0.1, -0.05) is 18.2 Å². The lowest BCUT2D eigenvalue weighted by molar-refractivity contribution is -0.117. The monoisotopic (exact) mass is 340 g/mol. The molecule has 0 bridgehead atoms. The third-order valence-electron chi connectivity index (χ3n) is 4.39. The van der Waals surface area contributed by atoms with Crippen molar-refractivity contribution < 1.29 is 4.79 Å². The van der Waals surface area contributed by atoms with Crippen LogP contribution in [0.3, 0.4) is 0 Å². The molecule has 0 saturated carbocycles. The predicted octanol–water partition coefficient (Wildman–Crippen LogP) is 4.03. The maximum atomic E-state index is 13.0. The number of carbonyl (C=O) groups is 1. The molecule has 0 amide bonds. The summed E-state index contributed by atoms with van der Waals surface area (Å²) in [6.45, 7) is 7.88. The molecule has 0 fully saturated rings. The molecule has 0 aliphatic carbocycles. The van der Waals surface area contributed by atoms with Crippen molar-refractivity contribution in [3.8, 4) is 11.1 Å². The molecule has 3 rings (SSSR count). The van der Waals surface area contributed by atoms with Crippen LogP contribution >= 0.6 is 11.3 Å². The van der Waals surface area contributed by atoms with Gasteiger partial charge in [-0.25, -0.2) is 4.98 Å². The minimum Gasteiger partial charge on any atom is -0.300 e. The molecule has 124 valence electrons. The van der Waals surface area contributed by atoms with Gasteiger partial charge in [0.1, 0.15) is 16.4 Å². The fraction of sp³-hybridized carbons (Fsp3) is 0.316. The van der Waals surface area contributed by atoms with Crippen molar-refractivity contribution in [1.29, 1.82) is 0 Å². The number of benzene rings is 1. The average Bonchev–Trinajstić information content (AvgIpc) is 2.93. The van der Waals surface area contributed by atoms with Gasteiger partial charge in [0.2, 0.25) is 0 Å². The molecule has 2 heterocycles. The number of aryl methyl sites for hydroxylation is 3. The van der Waals surface area contributed by atoms with Gasteiger partial charge in [-0.05, 0) is 44.4 Å². The van der Waals surface area contributed by atoms with Gasteiger partial charge in [0.15, 0.2) is 0 Å². The van der Waals surface area contributed by atoms with Gasteiger partial charge in [-0.2, -0.15) is 0 Å². The van der Waals surface area contributed by atoms with E-state index in [1.54, 1.807) is 4.57 Å². The van der Waals surface area contributed by atoms with Crippen LogP contribution in [0.2, 0.25) is 0 Å². The topological polar surface area (TPSA) is 52.0 Å². The highest BCUT2D eigenvalue weighted by Crippen LogP contribution is 2.32. The van der Waals surface area contributed by atoms with Crippen molar-refractivity contribution >= 4 is 27.3 Å². The van der Waals surface area contributed by atoms with Gasteiger partial charge in [-0.3, -0.25) is 14.2 Å². The maximum absolute atomic E-state index is 13.0. The Labute approximate surface area is 144 Å². The quantitative estimate of drug-likeness (QED) is 0.720. The first-order valence-electron chi connectivity index (χ1n) is 7.94. The molecular formula is C19H20N2O2S. The van der Waals surface area contributed by atoms with Crippen LogP contribution in [0.1, 0.15) is 30.3 Å². The number of carbonyl (C=O) groups excluding carboxylic acids is 1. The smallest absolute Gasteiger partial charge is 0.262 e. The summed E-state index contributed by atoms with van der Waals surface area (Å²) in [6.07, 6.45) is 0.344. The Morgan fingerprint density at radius 1 is 1.21 bits per heavy atom. The number of hydrogen-bond donors (Lipinski definition) is 0. The van der Waals surface area contributed by atoms with Crippen LogP contribution in [0.25, 0.3) is 21.3 Å². The second kappa shape index (κ2) is 6.32. The number of rotatable bonds is 4. The Bertz CT molecular complexity index is 999. The molecule has 24 heavy (non-hydrogen) atoms. The van der Waals surface area contributed by atoms with E-state index in [2.05, 4.69) is 31.0 Å². The highest BCUT2D eigenvalue weighted by Gasteiger charge is 2.16. The van der Waals surface area contributed by atoms with Crippen LogP contribution < -0.4 is 5.56 Å². The highest BCUT2D eigenvalue weighted by atomic mass is 32.1. The standard InChI is InChI=1S/C19H20N2O2S/c1-11-5-6-15(9-12(11)2)16-10-24-18-17(16)19(23)21(14(4)20-18)8-7-13(3)22/h5-6,9-10H,7-8H2,1-4H3. The molecule has 0 spiro atoms. The lowest BCUT2D eigenvalue weighted by Crippen LogP contribution is -2.24. The van der Waals surface area contributed by atoms with Gasteiger partial charge >= 0.3 is 0 Å². The highest BCUT2D eigenvalue weighted by molar-refractivity contribution is 7.17. The second-order valence-electron chi connectivity index (χ2n) is 6.20. The molecule has 0 aliphatic heterocycles. The van der Waals surface area contributed by atoms with Gasteiger partial charge in [0.25, 0.3) is 5.56 Å². The molecule has 1 aromatic carbocycles. The Morgan fingerprint density at radius 2 is 1.96 bits per heavy atom. The van der Waals surface area contributed by atoms with Crippen molar-refractivity contribution in [2.75, 3.05) is 0 Å². The van der Waals surface area contributed by atoms with Crippen molar-refractivity contribution in [3.63, 3.8) is 0 Å². The van der Waals surface area contributed by atoms with Crippen LogP contribution in [-0.2, 0) is 11.3 Å². The molecular weight excluding hydrogens is 320 g/mol. The number of aromatic nitrogens is 2. The first-order valence-corrected chi connectivity index (χ1v) is 8.82. The first-order chi connectivity index (χ1) is 11.4. The van der Waals surface area contributed by atoms with Gasteiger partial charge in [0.05, 0.1) is 5.39 Å². The largest absolute Gasteiger partial charge is 0.300 e. The third kappa shape index (κ3) is 2.91. The molecule has 0 unspecified atom stereocenters. The van der Waals surface area contributed by atoms with Gasteiger partial charge in [0, 0.05) is 23.9 Å². The number of hydrogen-bond acceptors (Lipinski definition) is 4. The van der Waals surface area contributed by atoms with Crippen LogP contribution in [0.5, 0.6) is 0 Å². The van der Waals surface area contributed by atoms with E-state index < -0.39 is 0 Å². The third-order valence-corrected chi connectivity index (χ3v) is 5.26. The molecule has 4 nitrogen and oxygen atoms in total. The second-order valence-corrected chi connectivity index (χ2v) is 7.05. The summed E-state index contributed by atoms with van der Waals surface area (Å²) >= 11 is 1.49. The SMILES string of the molecule is CC(=O)CCn1c(C)nc2scc(-c3ccc(C)c(C)c3)c2c1=O. The van der Waals surface area contributed by atoms with Gasteiger partial charge < -0.3 is 0 Å². The number of fused-ring (bicyclic) bond motifs is 1. The summed E-state index contributed by atoms with van der Waals surface area (Å²) in [6, 6.07) is 6.23. The van der Waals surface area contributed by atoms with Gasteiger partial charge in [-0.15, -0.1) is 11.3 Å². The zero-order valence-corrected chi connectivity index (χ0v) is 15.2. The van der Waals surface area contributed by atoms with E-state index in [-0.39, 0.29) is 11.3 Å². The Balaban J connectivity index is 2.20. The Kier molecular flexibility index (Phi) is 4.37. The van der Waals surface area contributed by atoms with E-state index in [1.807, 2.05) is 18.4 Å². The zero-order chi connectivity index (χ0) is 17.4. The molecule has 3 aromatic rings. The molecule has 0 radical (unpaired) electrons. The summed E-state index contributed by atoms with van der Waals surface area (Å²) in [5, 5.41) is 2.65. The van der Waals surface area contributed by atoms with E-state index in [0.29, 0.717) is 24.2 Å². The van der Waals surface area contributed by atoms with Crippen molar-refractivity contribution in [2.45, 2.75) is 40.7 Å². The Hall–Kier alpha value is -2.27. The van der Waals surface area contributed by atoms with Crippen LogP contribution in [0, 0.1) is 20.8 Å². The molecule has 0 N–H and O–H groups in total. The van der Waals surface area contributed by atoms with E-state index >= 15 is 0 Å². The molecule has 5 heteroatoms. The number of Topliss-reactive ketones (excluding diaryl/α,β-unsaturated/α-hetero) is 1. The number of thiophene rings is 1. The van der Waals surface area contributed by atoms with Crippen LogP contribution in [0.15, 0.2) is 28.4 Å². The molecule has 0 atom stereocenters. The molecule has 0 aliphatic rings. The summed E-state index contributed by atoms with van der Waals surface area (Å²) in [5.41, 5.74) is 4.32. The summed E-state index contributed by atoms with van der Waals surface area (Å²) in [7, 11) is 0. The normalized spacial score (nSPS) is 11.2. The van der Waals surface area contributed by atoms with E-state index in [0.717, 1.165) is 16.0 Å². The van der Waals surface area contributed by atoms with Crippen molar-refractivity contribution in [2.24, 2.45) is 0 Å². The Morgan fingerprint density at radius 3 is 2.62 bits per heavy atom. The predicted molar refractivity (Wildman–Crippen MR) is 98.8 cm³/mol. The molecule has 2 aromatic heterocycles. The number of ketones is 1.